The third-order valence-electron chi connectivity index (χ3n) is 20.4. The Morgan fingerprint density at radius 3 is 0.911 bits per heavy atom. The third-order valence-corrected chi connectivity index (χ3v) is 22.7. The molecule has 22 rings (SSSR count). The maximum Gasteiger partial charge on any atom is 0.164 e. The van der Waals surface area contributed by atoms with Gasteiger partial charge in [-0.2, -0.15) is 0 Å². The van der Waals surface area contributed by atoms with Crippen LogP contribution in [0.25, 0.3) is 220 Å². The molecule has 0 unspecified atom stereocenters. The molecule has 14 heteroatoms. The van der Waals surface area contributed by atoms with E-state index < -0.39 is 0 Å². The second-order valence-electron chi connectivity index (χ2n) is 27.2. The molecule has 14 aromatic carbocycles. The van der Waals surface area contributed by atoms with Crippen LogP contribution in [-0.4, -0.2) is 49.8 Å². The highest BCUT2D eigenvalue weighted by Gasteiger charge is 2.27. The average Bonchev–Trinajstić information content (AvgIpc) is 1.55. The van der Waals surface area contributed by atoms with E-state index in [1.54, 1.807) is 22.7 Å². The fraction of sp³-hybridized carbons (Fsp3) is 0. The monoisotopic (exact) mass is 1470 g/mol. The predicted octanol–water partition coefficient (Wildman–Crippen LogP) is 25.9. The van der Waals surface area contributed by atoms with E-state index in [-0.39, 0.29) is 0 Å². The van der Waals surface area contributed by atoms with Gasteiger partial charge in [-0.25, -0.2) is 49.8 Å². The van der Waals surface area contributed by atoms with Crippen LogP contribution in [0, 0.1) is 0 Å². The van der Waals surface area contributed by atoms with Crippen LogP contribution < -0.4 is 0 Å². The minimum atomic E-state index is 0.568. The van der Waals surface area contributed by atoms with E-state index in [2.05, 4.69) is 218 Å². The second-order valence-corrected chi connectivity index (χ2v) is 29.3. The molecule has 0 atom stereocenters. The van der Waals surface area contributed by atoms with E-state index in [4.69, 9.17) is 58.7 Å². The molecule has 0 amide bonds. The van der Waals surface area contributed by atoms with Gasteiger partial charge in [0.1, 0.15) is 22.3 Å². The average molecular weight is 1470 g/mol. The van der Waals surface area contributed by atoms with Crippen molar-refractivity contribution >= 4 is 107 Å². The maximum atomic E-state index is 6.84. The van der Waals surface area contributed by atoms with Crippen molar-refractivity contribution in [2.24, 2.45) is 0 Å². The summed E-state index contributed by atoms with van der Waals surface area (Å²) in [7, 11) is 0. The van der Waals surface area contributed by atoms with Crippen molar-refractivity contribution in [3.05, 3.63) is 352 Å². The molecule has 8 heterocycles. The zero-order valence-corrected chi connectivity index (χ0v) is 61.2. The summed E-state index contributed by atoms with van der Waals surface area (Å²) in [5.74, 6) is 4.88. The fourth-order valence-corrected chi connectivity index (χ4v) is 17.3. The van der Waals surface area contributed by atoms with Crippen molar-refractivity contribution in [3.8, 4) is 136 Å². The summed E-state index contributed by atoms with van der Waals surface area (Å²) in [4.78, 5) is 51.4. The van der Waals surface area contributed by atoms with Crippen molar-refractivity contribution in [3.63, 3.8) is 0 Å². The van der Waals surface area contributed by atoms with Crippen molar-refractivity contribution < 1.29 is 8.83 Å². The van der Waals surface area contributed by atoms with E-state index in [0.717, 1.165) is 174 Å². The van der Waals surface area contributed by atoms with Crippen molar-refractivity contribution in [2.75, 3.05) is 0 Å². The molecule has 12 nitrogen and oxygen atoms in total. The molecule has 0 aliphatic rings. The largest absolute Gasteiger partial charge is 0.455 e. The lowest BCUT2D eigenvalue weighted by Crippen LogP contribution is -2.00. The Bertz CT molecular complexity index is 7360. The van der Waals surface area contributed by atoms with Gasteiger partial charge in [-0.15, -0.1) is 22.7 Å². The van der Waals surface area contributed by atoms with Crippen LogP contribution in [0.2, 0.25) is 0 Å². The molecule has 0 saturated carbocycles. The number of rotatable bonds is 12. The second kappa shape index (κ2) is 27.8. The number of aromatic nitrogens is 10. The summed E-state index contributed by atoms with van der Waals surface area (Å²) in [5, 5.41) is 6.01. The molecule has 0 N–H and O–H groups in total. The number of hydrogen-bond acceptors (Lipinski definition) is 14. The minimum Gasteiger partial charge on any atom is -0.455 e. The van der Waals surface area contributed by atoms with E-state index in [0.29, 0.717) is 46.6 Å². The quantitative estimate of drug-likeness (QED) is 0.114. The molecule has 0 fully saturated rings. The van der Waals surface area contributed by atoms with Crippen LogP contribution in [0.5, 0.6) is 0 Å². The SMILES string of the molecule is c1ccc(-c2ccc(-c3nc(-c4ccccc4)nc(-c4cccc5oc6c(-c7nc(-c8ccccc8)nc8c7sc7ccccc78)cccc6c45)n3)cc2)cc1.c1ccc(-c2cccc(-c3nc(-c4ccccc4)nc(-c4cccc5oc6c(-c7nc(-c8ccccc8)nc8c7sc7ccccc78)cccc6c45)n3)c2)cc1. The molecule has 0 bridgehead atoms. The Hall–Kier alpha value is -14.7. The first-order valence-corrected chi connectivity index (χ1v) is 38.5. The van der Waals surface area contributed by atoms with Crippen molar-refractivity contribution in [1.29, 1.82) is 0 Å². The molecule has 0 radical (unpaired) electrons. The number of hydrogen-bond donors (Lipinski definition) is 0. The zero-order chi connectivity index (χ0) is 74.0. The van der Waals surface area contributed by atoms with Gasteiger partial charge >= 0.3 is 0 Å². The van der Waals surface area contributed by atoms with E-state index in [1.807, 2.05) is 133 Å². The van der Waals surface area contributed by atoms with Gasteiger partial charge in [-0.05, 0) is 64.7 Å². The Kier molecular flexibility index (Phi) is 16.3. The summed E-state index contributed by atoms with van der Waals surface area (Å²) in [6.07, 6.45) is 0. The van der Waals surface area contributed by atoms with E-state index >= 15 is 0 Å². The van der Waals surface area contributed by atoms with Crippen LogP contribution in [0.15, 0.2) is 361 Å². The minimum absolute atomic E-state index is 0.568. The van der Waals surface area contributed by atoms with Gasteiger partial charge in [-0.1, -0.05) is 309 Å². The molecule has 0 aliphatic carbocycles. The molecule has 0 spiro atoms. The van der Waals surface area contributed by atoms with Crippen LogP contribution in [-0.2, 0) is 0 Å². The van der Waals surface area contributed by atoms with E-state index in [9.17, 15) is 0 Å². The van der Waals surface area contributed by atoms with Gasteiger partial charge in [0.2, 0.25) is 0 Å². The van der Waals surface area contributed by atoms with Crippen LogP contribution >= 0.6 is 22.7 Å². The van der Waals surface area contributed by atoms with Crippen LogP contribution in [0.1, 0.15) is 0 Å². The Balaban J connectivity index is 0.000000141. The number of para-hydroxylation sites is 2. The molecule has 8 aromatic heterocycles. The number of nitrogens with zero attached hydrogens (tertiary/aromatic N) is 10. The smallest absolute Gasteiger partial charge is 0.164 e. The molecule has 0 saturated heterocycles. The molecular formula is C98H58N10O2S2. The van der Waals surface area contributed by atoms with Crippen molar-refractivity contribution in [1.82, 2.24) is 49.8 Å². The van der Waals surface area contributed by atoms with Gasteiger partial charge in [0.05, 0.1) is 31.8 Å². The van der Waals surface area contributed by atoms with Gasteiger partial charge in [0.15, 0.2) is 46.6 Å². The molecular weight excluding hydrogens is 1410 g/mol. The standard InChI is InChI=1S/2C49H29N5OS/c1-4-15-30(16-5-1)33-21-12-22-34(29-33)48-52-47(32-19-8-3-9-20-32)53-49(54-48)37-25-14-27-39-41(37)36-24-13-26-38(44(36)55-39)43-45-42(35-23-10-11-28-40(35)56-45)50-46(51-43)31-17-6-2-7-18-31;1-4-14-30(15-5-1)31-26-28-34(29-27-31)48-52-47(33-18-8-3-9-19-33)53-49(54-48)37-22-13-24-39-41(37)36-21-12-23-38(44(36)55-39)43-45-42(35-20-10-11-25-40(35)56-45)50-46(51-43)32-16-6-2-7-17-32/h2*1-29H. The maximum absolute atomic E-state index is 6.84. The van der Waals surface area contributed by atoms with Crippen LogP contribution in [0.3, 0.4) is 0 Å². The fourth-order valence-electron chi connectivity index (χ4n) is 15.0. The highest BCUT2D eigenvalue weighted by atomic mass is 32.1. The molecule has 0 aliphatic heterocycles. The highest BCUT2D eigenvalue weighted by molar-refractivity contribution is 7.26. The lowest BCUT2D eigenvalue weighted by Gasteiger charge is -2.10. The van der Waals surface area contributed by atoms with Crippen LogP contribution in [0.4, 0.5) is 0 Å². The number of fused-ring (bicyclic) bond motifs is 12. The third kappa shape index (κ3) is 11.9. The summed E-state index contributed by atoms with van der Waals surface area (Å²) < 4.78 is 18.0. The summed E-state index contributed by atoms with van der Waals surface area (Å²) in [6, 6.07) is 119. The topological polar surface area (TPSA) is 155 Å². The predicted molar refractivity (Wildman–Crippen MR) is 456 cm³/mol. The number of furan rings is 2. The van der Waals surface area contributed by atoms with Crippen molar-refractivity contribution in [2.45, 2.75) is 0 Å². The first-order chi connectivity index (χ1) is 55.5. The summed E-state index contributed by atoms with van der Waals surface area (Å²) >= 11 is 3.41. The Morgan fingerprint density at radius 2 is 0.482 bits per heavy atom. The first kappa shape index (κ1) is 65.6. The van der Waals surface area contributed by atoms with Gasteiger partial charge in [0, 0.05) is 97.4 Å². The summed E-state index contributed by atoms with van der Waals surface area (Å²) in [5.41, 5.74) is 20.1. The van der Waals surface area contributed by atoms with Gasteiger partial charge < -0.3 is 8.83 Å². The number of benzene rings is 14. The van der Waals surface area contributed by atoms with E-state index in [1.165, 1.54) is 0 Å². The Labute approximate surface area is 649 Å². The summed E-state index contributed by atoms with van der Waals surface area (Å²) in [6.45, 7) is 0. The first-order valence-electron chi connectivity index (χ1n) is 36.8. The zero-order valence-electron chi connectivity index (χ0n) is 59.6. The normalized spacial score (nSPS) is 11.6. The molecule has 112 heavy (non-hydrogen) atoms. The molecule has 524 valence electrons. The lowest BCUT2D eigenvalue weighted by atomic mass is 10.0. The Morgan fingerprint density at radius 1 is 0.196 bits per heavy atom. The van der Waals surface area contributed by atoms with Gasteiger partial charge in [-0.3, -0.25) is 0 Å². The van der Waals surface area contributed by atoms with Gasteiger partial charge in [0.25, 0.3) is 0 Å². The highest BCUT2D eigenvalue weighted by Crippen LogP contribution is 2.48. The number of thiophene rings is 2. The molecule has 22 aromatic rings. The lowest BCUT2D eigenvalue weighted by molar-refractivity contribution is 0.669.